The number of anilines is 2. The van der Waals surface area contributed by atoms with Crippen LogP contribution >= 0.6 is 0 Å². The average molecular weight is 386 g/mol. The predicted octanol–water partition coefficient (Wildman–Crippen LogP) is 4.40. The normalized spacial score (nSPS) is 16.2. The van der Waals surface area contributed by atoms with E-state index in [0.29, 0.717) is 0 Å². The third kappa shape index (κ3) is 3.69. The Balaban J connectivity index is 1.58. The Morgan fingerprint density at radius 3 is 2.66 bits per heavy atom. The summed E-state index contributed by atoms with van der Waals surface area (Å²) in [5.41, 5.74) is 6.06. The molecule has 3 aromatic rings. The summed E-state index contributed by atoms with van der Waals surface area (Å²) in [5, 5.41) is 0. The Hall–Kier alpha value is -2.95. The fourth-order valence-corrected chi connectivity index (χ4v) is 4.44. The molecule has 29 heavy (non-hydrogen) atoms. The summed E-state index contributed by atoms with van der Waals surface area (Å²) in [4.78, 5) is 19.2. The fourth-order valence-electron chi connectivity index (χ4n) is 4.44. The molecule has 0 amide bonds. The molecule has 1 aromatic carbocycles. The lowest BCUT2D eigenvalue weighted by Crippen LogP contribution is -2.31. The minimum absolute atomic E-state index is 0.838. The van der Waals surface area contributed by atoms with E-state index in [9.17, 15) is 0 Å². The van der Waals surface area contributed by atoms with Crippen molar-refractivity contribution in [2.45, 2.75) is 39.2 Å². The average Bonchev–Trinajstić information content (AvgIpc) is 3.17. The summed E-state index contributed by atoms with van der Waals surface area (Å²) >= 11 is 0. The second kappa shape index (κ2) is 7.82. The highest BCUT2D eigenvalue weighted by Gasteiger charge is 2.28. The molecule has 2 aliphatic rings. The van der Waals surface area contributed by atoms with Gasteiger partial charge in [-0.25, -0.2) is 4.98 Å². The number of aromatic nitrogens is 3. The summed E-state index contributed by atoms with van der Waals surface area (Å²) in [7, 11) is 0. The van der Waals surface area contributed by atoms with Gasteiger partial charge in [0.1, 0.15) is 5.82 Å². The lowest BCUT2D eigenvalue weighted by Gasteiger charge is -2.28. The first kappa shape index (κ1) is 18.1. The Morgan fingerprint density at radius 2 is 1.86 bits per heavy atom. The van der Waals surface area contributed by atoms with E-state index < -0.39 is 0 Å². The number of rotatable bonds is 4. The molecule has 0 atom stereocenters. The Kier molecular flexibility index (Phi) is 4.88. The lowest BCUT2D eigenvalue weighted by molar-refractivity contribution is 0.568. The molecule has 0 aliphatic carbocycles. The summed E-state index contributed by atoms with van der Waals surface area (Å²) in [6, 6.07) is 12.8. The van der Waals surface area contributed by atoms with Gasteiger partial charge in [-0.1, -0.05) is 29.8 Å². The van der Waals surface area contributed by atoms with Gasteiger partial charge in [0.05, 0.1) is 5.69 Å². The zero-order valence-electron chi connectivity index (χ0n) is 17.0. The minimum Gasteiger partial charge on any atom is -0.351 e. The summed E-state index contributed by atoms with van der Waals surface area (Å²) < 4.78 is 0. The Morgan fingerprint density at radius 1 is 0.966 bits per heavy atom. The highest BCUT2D eigenvalue weighted by Crippen LogP contribution is 2.36. The first-order chi connectivity index (χ1) is 14.3. The van der Waals surface area contributed by atoms with Crippen LogP contribution in [0.4, 0.5) is 11.8 Å². The maximum absolute atomic E-state index is 5.10. The molecule has 1 saturated heterocycles. The van der Waals surface area contributed by atoms with Crippen molar-refractivity contribution in [3.63, 3.8) is 0 Å². The van der Waals surface area contributed by atoms with Crippen molar-refractivity contribution in [2.24, 2.45) is 0 Å². The quantitative estimate of drug-likeness (QED) is 0.666. The van der Waals surface area contributed by atoms with Gasteiger partial charge in [0, 0.05) is 49.7 Å². The van der Waals surface area contributed by atoms with E-state index in [-0.39, 0.29) is 0 Å². The van der Waals surface area contributed by atoms with E-state index in [1.54, 1.807) is 0 Å². The van der Waals surface area contributed by atoms with Gasteiger partial charge in [-0.2, -0.15) is 4.98 Å². The van der Waals surface area contributed by atoms with E-state index in [2.05, 4.69) is 52.0 Å². The van der Waals surface area contributed by atoms with Crippen LogP contribution in [-0.4, -0.2) is 34.6 Å². The number of hydrogen-bond acceptors (Lipinski definition) is 5. The summed E-state index contributed by atoms with van der Waals surface area (Å²) in [6.07, 6.45) is 8.51. The van der Waals surface area contributed by atoms with Crippen LogP contribution in [0.2, 0.25) is 0 Å². The van der Waals surface area contributed by atoms with Crippen LogP contribution in [0.3, 0.4) is 0 Å². The van der Waals surface area contributed by atoms with Crippen molar-refractivity contribution in [2.75, 3.05) is 29.4 Å². The highest BCUT2D eigenvalue weighted by molar-refractivity contribution is 5.73. The Bertz CT molecular complexity index is 995. The third-order valence-corrected chi connectivity index (χ3v) is 5.93. The van der Waals surface area contributed by atoms with E-state index in [0.717, 1.165) is 50.1 Å². The van der Waals surface area contributed by atoms with E-state index in [1.165, 1.54) is 41.5 Å². The van der Waals surface area contributed by atoms with Gasteiger partial charge in [0.2, 0.25) is 5.95 Å². The molecule has 0 unspecified atom stereocenters. The highest BCUT2D eigenvalue weighted by atomic mass is 15.3. The second-order valence-electron chi connectivity index (χ2n) is 8.12. The predicted molar refractivity (Wildman–Crippen MR) is 117 cm³/mol. The first-order valence-electron chi connectivity index (χ1n) is 10.6. The molecule has 0 radical (unpaired) electrons. The van der Waals surface area contributed by atoms with Crippen molar-refractivity contribution < 1.29 is 0 Å². The molecule has 148 valence electrons. The monoisotopic (exact) mass is 385 g/mol. The van der Waals surface area contributed by atoms with Gasteiger partial charge < -0.3 is 9.80 Å². The Labute approximate surface area is 172 Å². The molecule has 0 bridgehead atoms. The SMILES string of the molecule is Cc1cccc(-c2nc(N3CCCCC3)nc3c2CCN3Cc2cccnc2)c1. The standard InChI is InChI=1S/C24H27N5/c1-18-7-5-9-20(15-18)22-21-10-14-29(17-19-8-6-11-25-16-19)23(21)27-24(26-22)28-12-3-2-4-13-28/h5-9,11,15-16H,2-4,10,12-14,17H2,1H3. The van der Waals surface area contributed by atoms with Gasteiger partial charge in [-0.3, -0.25) is 4.98 Å². The summed E-state index contributed by atoms with van der Waals surface area (Å²) in [5.74, 6) is 1.99. The molecule has 5 rings (SSSR count). The number of pyridine rings is 1. The second-order valence-corrected chi connectivity index (χ2v) is 8.12. The molecule has 2 aliphatic heterocycles. The molecule has 4 heterocycles. The van der Waals surface area contributed by atoms with Crippen molar-refractivity contribution in [1.29, 1.82) is 0 Å². The largest absolute Gasteiger partial charge is 0.351 e. The van der Waals surface area contributed by atoms with Crippen molar-refractivity contribution in [1.82, 2.24) is 15.0 Å². The number of fused-ring (bicyclic) bond motifs is 1. The zero-order valence-corrected chi connectivity index (χ0v) is 17.0. The molecule has 0 N–H and O–H groups in total. The molecule has 0 spiro atoms. The maximum atomic E-state index is 5.10. The maximum Gasteiger partial charge on any atom is 0.227 e. The lowest BCUT2D eigenvalue weighted by atomic mass is 10.0. The third-order valence-electron chi connectivity index (χ3n) is 5.93. The van der Waals surface area contributed by atoms with Crippen molar-refractivity contribution >= 4 is 11.8 Å². The van der Waals surface area contributed by atoms with Crippen LogP contribution in [-0.2, 0) is 13.0 Å². The number of aryl methyl sites for hydroxylation is 1. The van der Waals surface area contributed by atoms with Crippen LogP contribution in [0, 0.1) is 6.92 Å². The summed E-state index contributed by atoms with van der Waals surface area (Å²) in [6.45, 7) is 6.06. The van der Waals surface area contributed by atoms with Gasteiger partial charge >= 0.3 is 0 Å². The van der Waals surface area contributed by atoms with Crippen LogP contribution in [0.25, 0.3) is 11.3 Å². The topological polar surface area (TPSA) is 45.2 Å². The van der Waals surface area contributed by atoms with E-state index in [1.807, 2.05) is 18.5 Å². The number of hydrogen-bond donors (Lipinski definition) is 0. The molecular weight excluding hydrogens is 358 g/mol. The van der Waals surface area contributed by atoms with E-state index >= 15 is 0 Å². The molecule has 2 aromatic heterocycles. The van der Waals surface area contributed by atoms with Gasteiger partial charge in [0.15, 0.2) is 0 Å². The zero-order chi connectivity index (χ0) is 19.6. The van der Waals surface area contributed by atoms with Gasteiger partial charge in [-0.05, 0) is 50.3 Å². The van der Waals surface area contributed by atoms with Crippen molar-refractivity contribution in [3.8, 4) is 11.3 Å². The molecule has 5 heteroatoms. The number of nitrogens with zero attached hydrogens (tertiary/aromatic N) is 5. The van der Waals surface area contributed by atoms with Crippen LogP contribution in [0.1, 0.15) is 36.0 Å². The van der Waals surface area contributed by atoms with E-state index in [4.69, 9.17) is 9.97 Å². The number of benzene rings is 1. The fraction of sp³-hybridized carbons (Fsp3) is 0.375. The molecular formula is C24H27N5. The minimum atomic E-state index is 0.838. The molecule has 1 fully saturated rings. The molecule has 0 saturated carbocycles. The van der Waals surface area contributed by atoms with Crippen LogP contribution < -0.4 is 9.80 Å². The number of piperidine rings is 1. The van der Waals surface area contributed by atoms with Gasteiger partial charge in [-0.15, -0.1) is 0 Å². The smallest absolute Gasteiger partial charge is 0.227 e. The molecule has 5 nitrogen and oxygen atoms in total. The van der Waals surface area contributed by atoms with Crippen LogP contribution in [0.15, 0.2) is 48.8 Å². The van der Waals surface area contributed by atoms with Gasteiger partial charge in [0.25, 0.3) is 0 Å². The van der Waals surface area contributed by atoms with Crippen LogP contribution in [0.5, 0.6) is 0 Å². The first-order valence-corrected chi connectivity index (χ1v) is 10.6. The van der Waals surface area contributed by atoms with Crippen molar-refractivity contribution in [3.05, 3.63) is 65.5 Å².